The number of hydrogen-bond donors (Lipinski definition) is 1. The minimum atomic E-state index is -0.783. The molecular weight excluding hydrogens is 633 g/mol. The van der Waals surface area contributed by atoms with Crippen molar-refractivity contribution >= 4 is 11.9 Å². The van der Waals surface area contributed by atoms with Crippen LogP contribution in [0.5, 0.6) is 0 Å². The summed E-state index contributed by atoms with van der Waals surface area (Å²) in [5.74, 6) is -0.630. The highest BCUT2D eigenvalue weighted by Crippen LogP contribution is 2.15. The number of aliphatic hydroxyl groups is 1. The van der Waals surface area contributed by atoms with Crippen LogP contribution in [0.15, 0.2) is 24.3 Å². The summed E-state index contributed by atoms with van der Waals surface area (Å²) in [6.07, 6.45) is 51.2. The van der Waals surface area contributed by atoms with E-state index in [1.807, 2.05) is 0 Å². The Bertz CT molecular complexity index is 776. The first-order valence-electron chi connectivity index (χ1n) is 22.4. The molecule has 0 aromatic rings. The second-order valence-corrected chi connectivity index (χ2v) is 15.1. The molecule has 0 saturated heterocycles. The Morgan fingerprint density at radius 1 is 0.431 bits per heavy atom. The molecule has 5 nitrogen and oxygen atoms in total. The lowest BCUT2D eigenvalue weighted by Gasteiger charge is -2.15. The number of carbonyl (C=O) groups is 2. The van der Waals surface area contributed by atoms with Gasteiger partial charge in [-0.25, -0.2) is 0 Å². The number of carbonyl (C=O) groups excluding carboxylic acids is 2. The Kier molecular flexibility index (Phi) is 41.4. The van der Waals surface area contributed by atoms with Crippen molar-refractivity contribution in [3.05, 3.63) is 24.3 Å². The lowest BCUT2D eigenvalue weighted by molar-refractivity contribution is -0.161. The number of rotatable bonds is 41. The van der Waals surface area contributed by atoms with Crippen molar-refractivity contribution in [1.82, 2.24) is 0 Å². The normalized spacial score (nSPS) is 12.3. The van der Waals surface area contributed by atoms with Gasteiger partial charge in [-0.15, -0.1) is 0 Å². The van der Waals surface area contributed by atoms with Crippen molar-refractivity contribution in [3.8, 4) is 0 Å². The zero-order chi connectivity index (χ0) is 37.1. The third-order valence-electron chi connectivity index (χ3n) is 9.97. The van der Waals surface area contributed by atoms with E-state index < -0.39 is 6.10 Å². The first kappa shape index (κ1) is 49.4. The summed E-state index contributed by atoms with van der Waals surface area (Å²) >= 11 is 0. The van der Waals surface area contributed by atoms with E-state index in [0.29, 0.717) is 12.8 Å². The third kappa shape index (κ3) is 41.0. The van der Waals surface area contributed by atoms with Crippen LogP contribution in [0, 0.1) is 0 Å². The molecule has 1 N–H and O–H groups in total. The van der Waals surface area contributed by atoms with Gasteiger partial charge in [-0.2, -0.15) is 0 Å². The van der Waals surface area contributed by atoms with Crippen molar-refractivity contribution in [2.45, 2.75) is 245 Å². The minimum absolute atomic E-state index is 0.0808. The first-order chi connectivity index (χ1) is 25.1. The SMILES string of the molecule is CCCCCCC/C=C/CCCCCCCC(=O)O[C@@H](CO)COC(=O)CCC/C=C/CCCCCCCCCCCCCCCCCCCC. The van der Waals surface area contributed by atoms with Crippen LogP contribution >= 0.6 is 0 Å². The number of hydrogen-bond acceptors (Lipinski definition) is 5. The van der Waals surface area contributed by atoms with Crippen LogP contribution in [0.2, 0.25) is 0 Å². The molecule has 0 amide bonds. The topological polar surface area (TPSA) is 72.8 Å². The van der Waals surface area contributed by atoms with Crippen molar-refractivity contribution in [1.29, 1.82) is 0 Å². The summed E-state index contributed by atoms with van der Waals surface area (Å²) < 4.78 is 10.6. The summed E-state index contributed by atoms with van der Waals surface area (Å²) in [6, 6.07) is 0. The van der Waals surface area contributed by atoms with Gasteiger partial charge in [0.05, 0.1) is 6.61 Å². The zero-order valence-electron chi connectivity index (χ0n) is 34.1. The summed E-state index contributed by atoms with van der Waals surface area (Å²) in [5.41, 5.74) is 0. The second-order valence-electron chi connectivity index (χ2n) is 15.1. The van der Waals surface area contributed by atoms with Gasteiger partial charge in [0, 0.05) is 12.8 Å². The van der Waals surface area contributed by atoms with Gasteiger partial charge in [0.1, 0.15) is 6.61 Å². The Morgan fingerprint density at radius 2 is 0.745 bits per heavy atom. The van der Waals surface area contributed by atoms with Crippen LogP contribution in [-0.2, 0) is 19.1 Å². The van der Waals surface area contributed by atoms with Crippen LogP contribution in [-0.4, -0.2) is 36.4 Å². The minimum Gasteiger partial charge on any atom is -0.462 e. The molecule has 0 aliphatic rings. The number of aliphatic hydroxyl groups excluding tert-OH is 1. The highest BCUT2D eigenvalue weighted by Gasteiger charge is 2.16. The van der Waals surface area contributed by atoms with E-state index >= 15 is 0 Å². The van der Waals surface area contributed by atoms with E-state index in [1.165, 1.54) is 167 Å². The highest BCUT2D eigenvalue weighted by atomic mass is 16.6. The maximum absolute atomic E-state index is 12.2. The first-order valence-corrected chi connectivity index (χ1v) is 22.4. The fourth-order valence-corrected chi connectivity index (χ4v) is 6.55. The molecule has 300 valence electrons. The molecule has 0 heterocycles. The molecule has 0 aliphatic heterocycles. The molecule has 1 atom stereocenters. The third-order valence-corrected chi connectivity index (χ3v) is 9.97. The van der Waals surface area contributed by atoms with Gasteiger partial charge in [0.25, 0.3) is 0 Å². The molecule has 0 aliphatic carbocycles. The largest absolute Gasteiger partial charge is 0.462 e. The highest BCUT2D eigenvalue weighted by molar-refractivity contribution is 5.70. The van der Waals surface area contributed by atoms with Crippen molar-refractivity contribution in [3.63, 3.8) is 0 Å². The monoisotopic (exact) mass is 719 g/mol. The van der Waals surface area contributed by atoms with E-state index in [4.69, 9.17) is 9.47 Å². The molecule has 0 radical (unpaired) electrons. The Hall–Kier alpha value is -1.62. The van der Waals surface area contributed by atoms with Gasteiger partial charge in [-0.05, 0) is 57.8 Å². The maximum Gasteiger partial charge on any atom is 0.306 e. The summed E-state index contributed by atoms with van der Waals surface area (Å²) in [5, 5.41) is 9.57. The van der Waals surface area contributed by atoms with Gasteiger partial charge in [0.2, 0.25) is 0 Å². The fourth-order valence-electron chi connectivity index (χ4n) is 6.55. The molecule has 51 heavy (non-hydrogen) atoms. The molecule has 0 spiro atoms. The van der Waals surface area contributed by atoms with E-state index in [2.05, 4.69) is 38.2 Å². The van der Waals surface area contributed by atoms with Gasteiger partial charge < -0.3 is 14.6 Å². The van der Waals surface area contributed by atoms with Gasteiger partial charge >= 0.3 is 11.9 Å². The molecule has 0 unspecified atom stereocenters. The summed E-state index contributed by atoms with van der Waals surface area (Å²) in [7, 11) is 0. The van der Waals surface area contributed by atoms with Crippen LogP contribution < -0.4 is 0 Å². The van der Waals surface area contributed by atoms with Crippen molar-refractivity contribution in [2.24, 2.45) is 0 Å². The molecule has 0 saturated carbocycles. The lowest BCUT2D eigenvalue weighted by Crippen LogP contribution is -2.28. The smallest absolute Gasteiger partial charge is 0.306 e. The Balaban J connectivity index is 3.51. The van der Waals surface area contributed by atoms with Crippen LogP contribution in [0.1, 0.15) is 239 Å². The number of allylic oxidation sites excluding steroid dienone is 4. The van der Waals surface area contributed by atoms with Gasteiger partial charge in [0.15, 0.2) is 6.10 Å². The van der Waals surface area contributed by atoms with Crippen LogP contribution in [0.25, 0.3) is 0 Å². The van der Waals surface area contributed by atoms with Crippen LogP contribution in [0.4, 0.5) is 0 Å². The molecule has 0 aromatic heterocycles. The Morgan fingerprint density at radius 3 is 1.12 bits per heavy atom. The quantitative estimate of drug-likeness (QED) is 0.0387. The van der Waals surface area contributed by atoms with E-state index in [-0.39, 0.29) is 25.2 Å². The lowest BCUT2D eigenvalue weighted by atomic mass is 10.0. The molecule has 0 fully saturated rings. The van der Waals surface area contributed by atoms with E-state index in [9.17, 15) is 14.7 Å². The predicted molar refractivity (Wildman–Crippen MR) is 219 cm³/mol. The predicted octanol–water partition coefficient (Wildman–Crippen LogP) is 14.2. The number of unbranched alkanes of at least 4 members (excludes halogenated alkanes) is 29. The summed E-state index contributed by atoms with van der Waals surface area (Å²) in [6.45, 7) is 4.12. The average molecular weight is 719 g/mol. The van der Waals surface area contributed by atoms with Gasteiger partial charge in [-0.1, -0.05) is 192 Å². The van der Waals surface area contributed by atoms with Crippen molar-refractivity contribution in [2.75, 3.05) is 13.2 Å². The zero-order valence-corrected chi connectivity index (χ0v) is 34.1. The molecular formula is C46H86O5. The maximum atomic E-state index is 12.2. The standard InChI is InChI=1S/C46H86O5/c1-3-5-7-9-11-13-15-17-19-20-21-22-23-24-25-26-27-29-30-32-34-36-38-40-45(48)50-43-44(42-47)51-46(49)41-39-37-35-33-31-28-18-16-14-12-10-8-6-4-2/h16,18,32,34,44,47H,3-15,17,19-31,33,35-43H2,1-2H3/b18-16+,34-32+/t44-/m0/s1. The summed E-state index contributed by atoms with van der Waals surface area (Å²) in [4.78, 5) is 24.3. The molecule has 0 aromatic carbocycles. The Labute approximate surface area is 317 Å². The number of esters is 2. The van der Waals surface area contributed by atoms with E-state index in [0.717, 1.165) is 44.9 Å². The van der Waals surface area contributed by atoms with Gasteiger partial charge in [-0.3, -0.25) is 9.59 Å². The molecule has 5 heteroatoms. The second kappa shape index (κ2) is 42.8. The van der Waals surface area contributed by atoms with E-state index in [1.54, 1.807) is 0 Å². The fraction of sp³-hybridized carbons (Fsp3) is 0.870. The molecule has 0 bridgehead atoms. The molecule has 0 rings (SSSR count). The number of ether oxygens (including phenoxy) is 2. The van der Waals surface area contributed by atoms with Crippen molar-refractivity contribution < 1.29 is 24.2 Å². The average Bonchev–Trinajstić information content (AvgIpc) is 3.13. The van der Waals surface area contributed by atoms with Crippen LogP contribution in [0.3, 0.4) is 0 Å².